The summed E-state index contributed by atoms with van der Waals surface area (Å²) < 4.78 is 0. The molecule has 344 valence electrons. The SMILES string of the molecule is CN[C@@H](C)C(=O)N[C@@H](CC(=O)NCC[C@H](NC(=O)[C@@H](NC(=O)[C@H](C)NC)C(C)(C)C)C(=O)N[C@@H]1CCCc2ccccc21)C(=O)N1CCC[C@H]1C(=O)N[C@@H]1CCCc2ccccc21. The number of likely N-dealkylation sites (N-methyl/N-ethyl adjacent to an activating group) is 2. The number of nitrogens with zero attached hydrogens (tertiary/aromatic N) is 1. The van der Waals surface area contributed by atoms with Gasteiger partial charge in [0.1, 0.15) is 24.2 Å². The number of amides is 7. The molecule has 2 aromatic rings. The number of carbonyl (C=O) groups is 7. The Labute approximate surface area is 372 Å². The maximum absolute atomic E-state index is 14.3. The second-order valence-corrected chi connectivity index (χ2v) is 18.3. The zero-order chi connectivity index (χ0) is 45.8. The van der Waals surface area contributed by atoms with Crippen LogP contribution < -0.4 is 42.5 Å². The standard InChI is InChI=1S/C47H69N9O7/c1-28(48-6)41(58)54-37(46(63)56-26-14-23-38(56)44(61)52-35-22-13-18-31-16-9-11-20-33(31)35)27-39(57)50-25-24-36(43(60)51-34-21-12-17-30-15-8-10-19-32(30)34)53-45(62)40(47(3,4)5)55-42(59)29(2)49-7/h8-11,15-16,19-20,28-29,34-38,40,48-49H,12-14,17-18,21-27H2,1-7H3,(H,50,57)(H,51,60)(H,52,61)(H,53,62)(H,54,58)(H,55,59)/t28-,29-,34+,35+,36-,37-,38-,40+/m0/s1. The van der Waals surface area contributed by atoms with E-state index in [9.17, 15) is 33.6 Å². The highest BCUT2D eigenvalue weighted by atomic mass is 16.2. The molecule has 0 unspecified atom stereocenters. The molecule has 1 aliphatic heterocycles. The Kier molecular flexibility index (Phi) is 17.2. The molecule has 1 fully saturated rings. The van der Waals surface area contributed by atoms with Gasteiger partial charge in [-0.1, -0.05) is 69.3 Å². The number of benzene rings is 2. The summed E-state index contributed by atoms with van der Waals surface area (Å²) in [6.45, 7) is 8.98. The minimum absolute atomic E-state index is 0.0180. The van der Waals surface area contributed by atoms with E-state index in [4.69, 9.17) is 0 Å². The molecule has 8 atom stereocenters. The summed E-state index contributed by atoms with van der Waals surface area (Å²) in [5.74, 6) is -3.25. The summed E-state index contributed by atoms with van der Waals surface area (Å²) in [5, 5.41) is 23.3. The normalized spacial score (nSPS) is 20.6. The number of hydrogen-bond acceptors (Lipinski definition) is 9. The van der Waals surface area contributed by atoms with E-state index >= 15 is 0 Å². The second kappa shape index (κ2) is 22.3. The molecule has 16 nitrogen and oxygen atoms in total. The van der Waals surface area contributed by atoms with Gasteiger partial charge in [-0.05, 0) is 113 Å². The van der Waals surface area contributed by atoms with Crippen molar-refractivity contribution in [2.75, 3.05) is 27.2 Å². The smallest absolute Gasteiger partial charge is 0.246 e. The zero-order valence-corrected chi connectivity index (χ0v) is 38.0. The van der Waals surface area contributed by atoms with E-state index in [1.807, 2.05) is 63.2 Å². The minimum Gasteiger partial charge on any atom is -0.356 e. The van der Waals surface area contributed by atoms with Crippen LogP contribution in [0, 0.1) is 5.41 Å². The zero-order valence-electron chi connectivity index (χ0n) is 38.0. The Balaban J connectivity index is 1.29. The number of aryl methyl sites for hydroxylation is 2. The Hall–Kier alpha value is -5.35. The first-order chi connectivity index (χ1) is 30.0. The van der Waals surface area contributed by atoms with Crippen LogP contribution in [0.1, 0.15) is 120 Å². The summed E-state index contributed by atoms with van der Waals surface area (Å²) in [5.41, 5.74) is 3.71. The van der Waals surface area contributed by atoms with E-state index in [0.29, 0.717) is 25.8 Å². The molecule has 1 heterocycles. The van der Waals surface area contributed by atoms with Gasteiger partial charge in [-0.25, -0.2) is 0 Å². The molecule has 0 bridgehead atoms. The Morgan fingerprint density at radius 2 is 1.21 bits per heavy atom. The van der Waals surface area contributed by atoms with Crippen LogP contribution in [0.25, 0.3) is 0 Å². The number of nitrogens with one attached hydrogen (secondary N) is 8. The molecule has 0 spiro atoms. The van der Waals surface area contributed by atoms with Gasteiger partial charge in [0.2, 0.25) is 41.4 Å². The highest BCUT2D eigenvalue weighted by Gasteiger charge is 2.40. The molecule has 16 heteroatoms. The third kappa shape index (κ3) is 12.9. The van der Waals surface area contributed by atoms with Gasteiger partial charge in [0.05, 0.1) is 30.6 Å². The topological polar surface area (TPSA) is 219 Å². The van der Waals surface area contributed by atoms with Crippen molar-refractivity contribution < 1.29 is 33.6 Å². The first-order valence-electron chi connectivity index (χ1n) is 22.6. The largest absolute Gasteiger partial charge is 0.356 e. The fourth-order valence-electron chi connectivity index (χ4n) is 8.69. The quantitative estimate of drug-likeness (QED) is 0.110. The maximum atomic E-state index is 14.3. The minimum atomic E-state index is -1.28. The van der Waals surface area contributed by atoms with Crippen LogP contribution in [0.2, 0.25) is 0 Å². The molecule has 63 heavy (non-hydrogen) atoms. The highest BCUT2D eigenvalue weighted by molar-refractivity contribution is 5.96. The molecule has 5 rings (SSSR count). The summed E-state index contributed by atoms with van der Waals surface area (Å²) in [4.78, 5) is 97.5. The number of rotatable bonds is 18. The van der Waals surface area contributed by atoms with Crippen molar-refractivity contribution >= 4 is 41.4 Å². The van der Waals surface area contributed by atoms with Crippen LogP contribution in [0.3, 0.4) is 0 Å². The van der Waals surface area contributed by atoms with Gasteiger partial charge >= 0.3 is 0 Å². The van der Waals surface area contributed by atoms with Crippen LogP contribution in [0.4, 0.5) is 0 Å². The maximum Gasteiger partial charge on any atom is 0.246 e. The lowest BCUT2D eigenvalue weighted by Crippen LogP contribution is -2.60. The van der Waals surface area contributed by atoms with Gasteiger partial charge in [0.25, 0.3) is 0 Å². The van der Waals surface area contributed by atoms with Gasteiger partial charge in [-0.15, -0.1) is 0 Å². The van der Waals surface area contributed by atoms with Crippen LogP contribution in [-0.2, 0) is 46.4 Å². The Bertz CT molecular complexity index is 1970. The summed E-state index contributed by atoms with van der Waals surface area (Å²) in [6, 6.07) is 10.1. The van der Waals surface area contributed by atoms with Crippen LogP contribution in [0.15, 0.2) is 48.5 Å². The molecule has 1 saturated heterocycles. The van der Waals surface area contributed by atoms with Crippen molar-refractivity contribution in [1.29, 1.82) is 0 Å². The van der Waals surface area contributed by atoms with E-state index in [2.05, 4.69) is 48.6 Å². The average Bonchev–Trinajstić information content (AvgIpc) is 3.77. The molecule has 3 aliphatic rings. The monoisotopic (exact) mass is 872 g/mol. The van der Waals surface area contributed by atoms with Crippen molar-refractivity contribution in [2.45, 2.75) is 147 Å². The molecular weight excluding hydrogens is 803 g/mol. The van der Waals surface area contributed by atoms with Gasteiger partial charge < -0.3 is 47.4 Å². The van der Waals surface area contributed by atoms with Gasteiger partial charge in [-0.2, -0.15) is 0 Å². The van der Waals surface area contributed by atoms with Crippen LogP contribution in [-0.4, -0.2) is 110 Å². The molecule has 8 N–H and O–H groups in total. The number of hydrogen-bond donors (Lipinski definition) is 8. The molecule has 0 saturated carbocycles. The predicted octanol–water partition coefficient (Wildman–Crippen LogP) is 1.98. The van der Waals surface area contributed by atoms with Crippen molar-refractivity contribution in [3.63, 3.8) is 0 Å². The van der Waals surface area contributed by atoms with E-state index in [-0.39, 0.29) is 36.9 Å². The first kappa shape index (κ1) is 48.7. The summed E-state index contributed by atoms with van der Waals surface area (Å²) in [6.07, 6.45) is 5.73. The molecule has 7 amide bonds. The van der Waals surface area contributed by atoms with E-state index in [1.54, 1.807) is 27.9 Å². The van der Waals surface area contributed by atoms with Gasteiger partial charge in [0, 0.05) is 13.1 Å². The Morgan fingerprint density at radius 1 is 0.667 bits per heavy atom. The third-order valence-electron chi connectivity index (χ3n) is 12.7. The van der Waals surface area contributed by atoms with Crippen molar-refractivity contribution in [2.24, 2.45) is 5.41 Å². The fourth-order valence-corrected chi connectivity index (χ4v) is 8.69. The average molecular weight is 872 g/mol. The fraction of sp³-hybridized carbons (Fsp3) is 0.596. The number of fused-ring (bicyclic) bond motifs is 2. The van der Waals surface area contributed by atoms with E-state index in [1.165, 1.54) is 10.5 Å². The summed E-state index contributed by atoms with van der Waals surface area (Å²) >= 11 is 0. The van der Waals surface area contributed by atoms with Crippen molar-refractivity contribution in [3.05, 3.63) is 70.8 Å². The van der Waals surface area contributed by atoms with Gasteiger partial charge in [-0.3, -0.25) is 33.6 Å². The lowest BCUT2D eigenvalue weighted by molar-refractivity contribution is -0.143. The van der Waals surface area contributed by atoms with E-state index in [0.717, 1.165) is 48.8 Å². The van der Waals surface area contributed by atoms with Crippen LogP contribution >= 0.6 is 0 Å². The number of likely N-dealkylation sites (tertiary alicyclic amines) is 1. The molecule has 2 aromatic carbocycles. The second-order valence-electron chi connectivity index (χ2n) is 18.3. The van der Waals surface area contributed by atoms with Crippen LogP contribution in [0.5, 0.6) is 0 Å². The first-order valence-corrected chi connectivity index (χ1v) is 22.6. The van der Waals surface area contributed by atoms with Crippen molar-refractivity contribution in [1.82, 2.24) is 47.4 Å². The van der Waals surface area contributed by atoms with Crippen molar-refractivity contribution in [3.8, 4) is 0 Å². The van der Waals surface area contributed by atoms with E-state index < -0.39 is 77.6 Å². The highest BCUT2D eigenvalue weighted by Crippen LogP contribution is 2.31. The molecule has 0 radical (unpaired) electrons. The molecule has 0 aromatic heterocycles. The Morgan fingerprint density at radius 3 is 1.78 bits per heavy atom. The lowest BCUT2D eigenvalue weighted by Gasteiger charge is -2.33. The molecular formula is C47H69N9O7. The van der Waals surface area contributed by atoms with Gasteiger partial charge in [0.15, 0.2) is 0 Å². The molecule has 2 aliphatic carbocycles. The lowest BCUT2D eigenvalue weighted by atomic mass is 9.85. The third-order valence-corrected chi connectivity index (χ3v) is 12.7. The number of carbonyl (C=O) groups excluding carboxylic acids is 7. The predicted molar refractivity (Wildman–Crippen MR) is 240 cm³/mol. The summed E-state index contributed by atoms with van der Waals surface area (Å²) in [7, 11) is 3.25.